The third-order valence-electron chi connectivity index (χ3n) is 3.85. The van der Waals surface area contributed by atoms with Gasteiger partial charge in [-0.25, -0.2) is 0 Å². The van der Waals surface area contributed by atoms with Crippen molar-refractivity contribution in [2.24, 2.45) is 11.8 Å². The maximum absolute atomic E-state index is 12.1. The van der Waals surface area contributed by atoms with Crippen molar-refractivity contribution in [3.8, 4) is 0 Å². The Labute approximate surface area is 133 Å². The predicted molar refractivity (Wildman–Crippen MR) is 87.2 cm³/mol. The van der Waals surface area contributed by atoms with Crippen molar-refractivity contribution in [1.29, 1.82) is 0 Å². The standard InChI is InChI=1S/C15H20BrClN2O/c1-10(11-3-2-6-18-9-11)7-15(20)19-14-5-4-12(17)8-13(14)16/h4-5,8,10-11,18H,2-3,6-7,9H2,1H3,(H,19,20). The molecule has 1 saturated heterocycles. The highest BCUT2D eigenvalue weighted by Gasteiger charge is 2.22. The summed E-state index contributed by atoms with van der Waals surface area (Å²) in [6.07, 6.45) is 2.98. The Balaban J connectivity index is 1.88. The molecule has 0 spiro atoms. The highest BCUT2D eigenvalue weighted by molar-refractivity contribution is 9.10. The van der Waals surface area contributed by atoms with Crippen LogP contribution in [0, 0.1) is 11.8 Å². The van der Waals surface area contributed by atoms with Gasteiger partial charge in [0.15, 0.2) is 0 Å². The van der Waals surface area contributed by atoms with Gasteiger partial charge in [0, 0.05) is 15.9 Å². The number of benzene rings is 1. The summed E-state index contributed by atoms with van der Waals surface area (Å²) in [5.41, 5.74) is 0.772. The molecule has 0 saturated carbocycles. The molecule has 3 nitrogen and oxygen atoms in total. The van der Waals surface area contributed by atoms with Crippen molar-refractivity contribution in [3.63, 3.8) is 0 Å². The minimum atomic E-state index is 0.0612. The lowest BCUT2D eigenvalue weighted by Gasteiger charge is -2.28. The predicted octanol–water partition coefficient (Wildman–Crippen LogP) is 4.07. The molecule has 1 aliphatic rings. The summed E-state index contributed by atoms with van der Waals surface area (Å²) in [4.78, 5) is 12.1. The number of anilines is 1. The average molecular weight is 360 g/mol. The minimum Gasteiger partial charge on any atom is -0.325 e. The highest BCUT2D eigenvalue weighted by atomic mass is 79.9. The van der Waals surface area contributed by atoms with Gasteiger partial charge in [-0.15, -0.1) is 0 Å². The van der Waals surface area contributed by atoms with E-state index in [9.17, 15) is 4.79 Å². The van der Waals surface area contributed by atoms with Gasteiger partial charge in [0.1, 0.15) is 0 Å². The van der Waals surface area contributed by atoms with Crippen LogP contribution in [-0.4, -0.2) is 19.0 Å². The Morgan fingerprint density at radius 3 is 3.05 bits per heavy atom. The number of halogens is 2. The van der Waals surface area contributed by atoms with Crippen molar-refractivity contribution < 1.29 is 4.79 Å². The number of hydrogen-bond donors (Lipinski definition) is 2. The van der Waals surface area contributed by atoms with Gasteiger partial charge in [-0.05, 0) is 71.9 Å². The van der Waals surface area contributed by atoms with Crippen LogP contribution in [0.5, 0.6) is 0 Å². The second kappa shape index (κ2) is 7.43. The first-order chi connectivity index (χ1) is 9.56. The fourth-order valence-electron chi connectivity index (χ4n) is 2.62. The Morgan fingerprint density at radius 1 is 1.60 bits per heavy atom. The summed E-state index contributed by atoms with van der Waals surface area (Å²) in [7, 11) is 0. The van der Waals surface area contributed by atoms with Gasteiger partial charge in [0.05, 0.1) is 5.69 Å². The fraction of sp³-hybridized carbons (Fsp3) is 0.533. The molecule has 0 bridgehead atoms. The molecule has 2 rings (SSSR count). The zero-order chi connectivity index (χ0) is 14.5. The summed E-state index contributed by atoms with van der Waals surface area (Å²) in [6.45, 7) is 4.29. The van der Waals surface area contributed by atoms with Crippen LogP contribution in [0.25, 0.3) is 0 Å². The largest absolute Gasteiger partial charge is 0.325 e. The fourth-order valence-corrected chi connectivity index (χ4v) is 3.40. The molecule has 2 N–H and O–H groups in total. The van der Waals surface area contributed by atoms with Crippen molar-refractivity contribution in [2.75, 3.05) is 18.4 Å². The molecular weight excluding hydrogens is 340 g/mol. The van der Waals surface area contributed by atoms with Crippen LogP contribution in [0.4, 0.5) is 5.69 Å². The van der Waals surface area contributed by atoms with Crippen LogP contribution in [-0.2, 0) is 4.79 Å². The molecule has 1 amide bonds. The van der Waals surface area contributed by atoms with E-state index in [0.717, 1.165) is 23.2 Å². The molecule has 1 aliphatic heterocycles. The number of rotatable bonds is 4. The number of hydrogen-bond acceptors (Lipinski definition) is 2. The molecule has 5 heteroatoms. The summed E-state index contributed by atoms with van der Waals surface area (Å²) >= 11 is 9.30. The zero-order valence-corrected chi connectivity index (χ0v) is 13.9. The van der Waals surface area contributed by atoms with Gasteiger partial charge in [0.2, 0.25) is 5.91 Å². The van der Waals surface area contributed by atoms with E-state index in [-0.39, 0.29) is 5.91 Å². The van der Waals surface area contributed by atoms with E-state index >= 15 is 0 Å². The van der Waals surface area contributed by atoms with Crippen molar-refractivity contribution in [1.82, 2.24) is 5.32 Å². The number of carbonyl (C=O) groups excluding carboxylic acids is 1. The smallest absolute Gasteiger partial charge is 0.224 e. The molecule has 1 fully saturated rings. The van der Waals surface area contributed by atoms with E-state index in [2.05, 4.69) is 33.5 Å². The number of piperidine rings is 1. The van der Waals surface area contributed by atoms with Gasteiger partial charge in [-0.1, -0.05) is 18.5 Å². The van der Waals surface area contributed by atoms with Crippen LogP contribution < -0.4 is 10.6 Å². The Kier molecular flexibility index (Phi) is 5.87. The Hall–Kier alpha value is -0.580. The van der Waals surface area contributed by atoms with Gasteiger partial charge in [-0.2, -0.15) is 0 Å². The van der Waals surface area contributed by atoms with E-state index in [4.69, 9.17) is 11.6 Å². The number of amides is 1. The first-order valence-corrected chi connectivity index (χ1v) is 8.19. The second-order valence-corrected chi connectivity index (χ2v) is 6.75. The summed E-state index contributed by atoms with van der Waals surface area (Å²) in [5, 5.41) is 6.99. The van der Waals surface area contributed by atoms with Crippen LogP contribution in [0.1, 0.15) is 26.2 Å². The SMILES string of the molecule is CC(CC(=O)Nc1ccc(Cl)cc1Br)C1CCCNC1. The number of carbonyl (C=O) groups is 1. The molecular formula is C15H20BrClN2O. The van der Waals surface area contributed by atoms with Gasteiger partial charge in [0.25, 0.3) is 0 Å². The average Bonchev–Trinajstić information content (AvgIpc) is 2.43. The van der Waals surface area contributed by atoms with Crippen LogP contribution in [0.15, 0.2) is 22.7 Å². The molecule has 2 atom stereocenters. The maximum Gasteiger partial charge on any atom is 0.224 e. The van der Waals surface area contributed by atoms with Crippen LogP contribution in [0.3, 0.4) is 0 Å². The highest BCUT2D eigenvalue weighted by Crippen LogP contribution is 2.27. The quantitative estimate of drug-likeness (QED) is 0.851. The molecule has 110 valence electrons. The van der Waals surface area contributed by atoms with Crippen LogP contribution in [0.2, 0.25) is 5.02 Å². The summed E-state index contributed by atoms with van der Waals surface area (Å²) < 4.78 is 0.810. The van der Waals surface area contributed by atoms with E-state index < -0.39 is 0 Å². The molecule has 0 aromatic heterocycles. The molecule has 0 aliphatic carbocycles. The van der Waals surface area contributed by atoms with E-state index in [1.807, 2.05) is 6.07 Å². The minimum absolute atomic E-state index is 0.0612. The third kappa shape index (κ3) is 4.47. The Bertz CT molecular complexity index is 475. The molecule has 1 aromatic carbocycles. The third-order valence-corrected chi connectivity index (χ3v) is 4.74. The summed E-state index contributed by atoms with van der Waals surface area (Å²) in [5.74, 6) is 1.06. The van der Waals surface area contributed by atoms with E-state index in [1.165, 1.54) is 12.8 Å². The normalized spacial score (nSPS) is 20.4. The lowest BCUT2D eigenvalue weighted by Crippen LogP contribution is -2.34. The van der Waals surface area contributed by atoms with Crippen molar-refractivity contribution in [2.45, 2.75) is 26.2 Å². The van der Waals surface area contributed by atoms with Gasteiger partial charge >= 0.3 is 0 Å². The molecule has 1 heterocycles. The van der Waals surface area contributed by atoms with Crippen molar-refractivity contribution >= 4 is 39.1 Å². The van der Waals surface area contributed by atoms with Gasteiger partial charge in [-0.3, -0.25) is 4.79 Å². The maximum atomic E-state index is 12.1. The van der Waals surface area contributed by atoms with E-state index in [1.54, 1.807) is 12.1 Å². The second-order valence-electron chi connectivity index (χ2n) is 5.46. The lowest BCUT2D eigenvalue weighted by atomic mass is 9.85. The molecule has 20 heavy (non-hydrogen) atoms. The Morgan fingerprint density at radius 2 is 2.40 bits per heavy atom. The lowest BCUT2D eigenvalue weighted by molar-refractivity contribution is -0.117. The van der Waals surface area contributed by atoms with Crippen LogP contribution >= 0.6 is 27.5 Å². The topological polar surface area (TPSA) is 41.1 Å². The summed E-state index contributed by atoms with van der Waals surface area (Å²) in [6, 6.07) is 5.37. The zero-order valence-electron chi connectivity index (χ0n) is 11.6. The first-order valence-electron chi connectivity index (χ1n) is 7.02. The number of nitrogens with one attached hydrogen (secondary N) is 2. The van der Waals surface area contributed by atoms with Gasteiger partial charge < -0.3 is 10.6 Å². The molecule has 1 aromatic rings. The van der Waals surface area contributed by atoms with Crippen molar-refractivity contribution in [3.05, 3.63) is 27.7 Å². The molecule has 2 unspecified atom stereocenters. The van der Waals surface area contributed by atoms with E-state index in [0.29, 0.717) is 23.3 Å². The first kappa shape index (κ1) is 15.8. The molecule has 0 radical (unpaired) electrons. The monoisotopic (exact) mass is 358 g/mol.